The van der Waals surface area contributed by atoms with E-state index in [-0.39, 0.29) is 11.5 Å². The van der Waals surface area contributed by atoms with Gasteiger partial charge in [-0.05, 0) is 12.5 Å². The molecule has 23 heavy (non-hydrogen) atoms. The second-order valence-corrected chi connectivity index (χ2v) is 6.21. The van der Waals surface area contributed by atoms with Gasteiger partial charge >= 0.3 is 0 Å². The minimum Gasteiger partial charge on any atom is -0.322 e. The average Bonchev–Trinajstić information content (AvgIpc) is 2.99. The lowest BCUT2D eigenvalue weighted by molar-refractivity contribution is 0.102. The van der Waals surface area contributed by atoms with Crippen molar-refractivity contribution < 1.29 is 4.79 Å². The van der Waals surface area contributed by atoms with Crippen LogP contribution in [0.5, 0.6) is 0 Å². The predicted molar refractivity (Wildman–Crippen MR) is 91.0 cm³/mol. The van der Waals surface area contributed by atoms with Gasteiger partial charge in [0.2, 0.25) is 10.7 Å². The number of carbonyl (C=O) groups excluding carboxylic acids is 1. The van der Waals surface area contributed by atoms with Gasteiger partial charge in [0, 0.05) is 23.4 Å². The molecule has 0 saturated heterocycles. The van der Waals surface area contributed by atoms with Gasteiger partial charge in [-0.25, -0.2) is 0 Å². The maximum atomic E-state index is 12.5. The zero-order chi connectivity index (χ0) is 16.2. The van der Waals surface area contributed by atoms with Crippen LogP contribution in [0.3, 0.4) is 0 Å². The molecule has 0 saturated carbocycles. The fourth-order valence-electron chi connectivity index (χ4n) is 2.29. The maximum absolute atomic E-state index is 12.5. The molecule has 7 heteroatoms. The number of nitrogens with one attached hydrogen (secondary N) is 2. The molecule has 0 spiro atoms. The number of aryl methyl sites for hydroxylation is 1. The first-order valence-electron chi connectivity index (χ1n) is 7.43. The number of unbranched alkanes of at least 4 members (excludes halogenated alkanes) is 1. The molecular weight excluding hydrogens is 312 g/mol. The van der Waals surface area contributed by atoms with Crippen molar-refractivity contribution in [2.45, 2.75) is 26.2 Å². The fourth-order valence-corrected chi connectivity index (χ4v) is 3.07. The van der Waals surface area contributed by atoms with Crippen LogP contribution in [0, 0.1) is 0 Å². The molecule has 0 bridgehead atoms. The molecule has 1 aromatic carbocycles. The highest BCUT2D eigenvalue weighted by Gasteiger charge is 2.14. The Morgan fingerprint density at radius 2 is 2.13 bits per heavy atom. The van der Waals surface area contributed by atoms with E-state index in [4.69, 9.17) is 0 Å². The van der Waals surface area contributed by atoms with E-state index in [1.54, 1.807) is 12.1 Å². The minimum atomic E-state index is -0.356. The van der Waals surface area contributed by atoms with E-state index in [1.165, 1.54) is 17.4 Å². The molecule has 0 unspecified atom stereocenters. The number of hydrogen-bond acceptors (Lipinski definition) is 5. The number of H-pyrrole nitrogens is 1. The van der Waals surface area contributed by atoms with E-state index < -0.39 is 0 Å². The Bertz CT molecular complexity index is 900. The summed E-state index contributed by atoms with van der Waals surface area (Å²) in [5.74, 6) is -0.356. The van der Waals surface area contributed by atoms with Gasteiger partial charge in [-0.1, -0.05) is 42.9 Å². The van der Waals surface area contributed by atoms with E-state index in [2.05, 4.69) is 27.4 Å². The molecular formula is C16H16N4O2S. The van der Waals surface area contributed by atoms with Gasteiger partial charge < -0.3 is 4.98 Å². The third kappa shape index (κ3) is 3.45. The van der Waals surface area contributed by atoms with Crippen molar-refractivity contribution in [3.8, 4) is 0 Å². The SMILES string of the molecule is CCCCc1nnc(NC(=O)c2cc(=O)[nH]c3ccccc23)s1. The molecule has 118 valence electrons. The van der Waals surface area contributed by atoms with Crippen molar-refractivity contribution >= 4 is 33.3 Å². The van der Waals surface area contributed by atoms with Crippen molar-refractivity contribution in [3.63, 3.8) is 0 Å². The molecule has 6 nitrogen and oxygen atoms in total. The Morgan fingerprint density at radius 3 is 2.96 bits per heavy atom. The molecule has 1 amide bonds. The van der Waals surface area contributed by atoms with Gasteiger partial charge in [0.25, 0.3) is 5.91 Å². The van der Waals surface area contributed by atoms with Crippen LogP contribution in [0.4, 0.5) is 5.13 Å². The molecule has 0 fully saturated rings. The number of fused-ring (bicyclic) bond motifs is 1. The van der Waals surface area contributed by atoms with Gasteiger partial charge in [-0.15, -0.1) is 10.2 Å². The zero-order valence-corrected chi connectivity index (χ0v) is 13.4. The quantitative estimate of drug-likeness (QED) is 0.753. The molecule has 0 aliphatic carbocycles. The first kappa shape index (κ1) is 15.4. The number of pyridine rings is 1. The molecule has 3 rings (SSSR count). The highest BCUT2D eigenvalue weighted by atomic mass is 32.1. The van der Waals surface area contributed by atoms with E-state index in [9.17, 15) is 9.59 Å². The summed E-state index contributed by atoms with van der Waals surface area (Å²) in [7, 11) is 0. The van der Waals surface area contributed by atoms with Crippen molar-refractivity contribution in [2.75, 3.05) is 5.32 Å². The maximum Gasteiger partial charge on any atom is 0.258 e. The number of anilines is 1. The summed E-state index contributed by atoms with van der Waals surface area (Å²) in [6.45, 7) is 2.11. The molecule has 0 aliphatic heterocycles. The van der Waals surface area contributed by atoms with Crippen LogP contribution in [0.25, 0.3) is 10.9 Å². The second kappa shape index (κ2) is 6.70. The van der Waals surface area contributed by atoms with Crippen molar-refractivity contribution in [2.24, 2.45) is 0 Å². The van der Waals surface area contributed by atoms with E-state index in [1.807, 2.05) is 12.1 Å². The Balaban J connectivity index is 1.86. The highest BCUT2D eigenvalue weighted by Crippen LogP contribution is 2.20. The highest BCUT2D eigenvalue weighted by molar-refractivity contribution is 7.15. The lowest BCUT2D eigenvalue weighted by Gasteiger charge is -2.05. The number of aromatic amines is 1. The summed E-state index contributed by atoms with van der Waals surface area (Å²) in [6.07, 6.45) is 2.99. The summed E-state index contributed by atoms with van der Waals surface area (Å²) >= 11 is 1.37. The van der Waals surface area contributed by atoms with E-state index >= 15 is 0 Å². The molecule has 2 aromatic heterocycles. The topological polar surface area (TPSA) is 87.7 Å². The standard InChI is InChI=1S/C16H16N4O2S/c1-2-3-8-14-19-20-16(23-14)18-15(22)11-9-13(21)17-12-7-5-4-6-10(11)12/h4-7,9H,2-3,8H2,1H3,(H,17,21)(H,18,20,22). The lowest BCUT2D eigenvalue weighted by Crippen LogP contribution is -2.16. The summed E-state index contributed by atoms with van der Waals surface area (Å²) in [5.41, 5.74) is 0.649. The van der Waals surface area contributed by atoms with Gasteiger partial charge in [-0.3, -0.25) is 14.9 Å². The Morgan fingerprint density at radius 1 is 1.30 bits per heavy atom. The summed E-state index contributed by atoms with van der Waals surface area (Å²) < 4.78 is 0. The predicted octanol–water partition coefficient (Wildman–Crippen LogP) is 2.97. The van der Waals surface area contributed by atoms with Crippen LogP contribution in [0.1, 0.15) is 35.1 Å². The number of amides is 1. The third-order valence-corrected chi connectivity index (χ3v) is 4.33. The molecule has 0 aliphatic rings. The minimum absolute atomic E-state index is 0.310. The number of para-hydroxylation sites is 1. The fraction of sp³-hybridized carbons (Fsp3) is 0.250. The first-order valence-corrected chi connectivity index (χ1v) is 8.25. The molecule has 3 aromatic rings. The average molecular weight is 328 g/mol. The number of hydrogen-bond donors (Lipinski definition) is 2. The number of aromatic nitrogens is 3. The number of nitrogens with zero attached hydrogens (tertiary/aromatic N) is 2. The van der Waals surface area contributed by atoms with Crippen LogP contribution < -0.4 is 10.9 Å². The van der Waals surface area contributed by atoms with Crippen LogP contribution in [0.15, 0.2) is 35.1 Å². The van der Waals surface area contributed by atoms with Crippen LogP contribution in [-0.2, 0) is 6.42 Å². The molecule has 2 N–H and O–H groups in total. The lowest BCUT2D eigenvalue weighted by atomic mass is 10.1. The largest absolute Gasteiger partial charge is 0.322 e. The number of rotatable bonds is 5. The Labute approximate surface area is 136 Å². The normalized spacial score (nSPS) is 10.8. The van der Waals surface area contributed by atoms with Crippen molar-refractivity contribution in [1.82, 2.24) is 15.2 Å². The van der Waals surface area contributed by atoms with Crippen LogP contribution in [-0.4, -0.2) is 21.1 Å². The van der Waals surface area contributed by atoms with E-state index in [0.29, 0.717) is 21.6 Å². The first-order chi connectivity index (χ1) is 11.2. The van der Waals surface area contributed by atoms with Crippen LogP contribution >= 0.6 is 11.3 Å². The number of benzene rings is 1. The second-order valence-electron chi connectivity index (χ2n) is 5.15. The van der Waals surface area contributed by atoms with Crippen LogP contribution in [0.2, 0.25) is 0 Å². The third-order valence-electron chi connectivity index (χ3n) is 3.43. The molecule has 0 atom stereocenters. The van der Waals surface area contributed by atoms with Gasteiger partial charge in [0.15, 0.2) is 0 Å². The van der Waals surface area contributed by atoms with Crippen molar-refractivity contribution in [3.05, 3.63) is 51.3 Å². The van der Waals surface area contributed by atoms with Gasteiger partial charge in [0.1, 0.15) is 5.01 Å². The van der Waals surface area contributed by atoms with Gasteiger partial charge in [0.05, 0.1) is 5.56 Å². The number of carbonyl (C=O) groups is 1. The van der Waals surface area contributed by atoms with Gasteiger partial charge in [-0.2, -0.15) is 0 Å². The summed E-state index contributed by atoms with van der Waals surface area (Å²) in [5, 5.41) is 12.8. The van der Waals surface area contributed by atoms with E-state index in [0.717, 1.165) is 24.3 Å². The summed E-state index contributed by atoms with van der Waals surface area (Å²) in [4.78, 5) is 26.9. The molecule has 2 heterocycles. The monoisotopic (exact) mass is 328 g/mol. The zero-order valence-electron chi connectivity index (χ0n) is 12.6. The molecule has 0 radical (unpaired) electrons. The van der Waals surface area contributed by atoms with Crippen molar-refractivity contribution in [1.29, 1.82) is 0 Å². The smallest absolute Gasteiger partial charge is 0.258 e. The Hall–Kier alpha value is -2.54. The summed E-state index contributed by atoms with van der Waals surface area (Å²) in [6, 6.07) is 8.50. The Kier molecular flexibility index (Phi) is 4.47.